The van der Waals surface area contributed by atoms with Gasteiger partial charge in [-0.1, -0.05) is 6.07 Å². The molecule has 0 radical (unpaired) electrons. The van der Waals surface area contributed by atoms with Crippen molar-refractivity contribution in [2.75, 3.05) is 0 Å². The van der Waals surface area contributed by atoms with E-state index < -0.39 is 0 Å². The van der Waals surface area contributed by atoms with Gasteiger partial charge in [-0.05, 0) is 30.3 Å². The third-order valence-electron chi connectivity index (χ3n) is 2.45. The molecular weight excluding hydrogens is 268 g/mol. The maximum absolute atomic E-state index is 5.63. The second-order valence-corrected chi connectivity index (χ2v) is 4.15. The van der Waals surface area contributed by atoms with Crippen LogP contribution < -0.4 is 21.9 Å². The molecule has 0 saturated carbocycles. The number of aliphatic imine (C=N–C) groups is 2. The SMILES string of the molecule is NC(N)=NC(N)=Nc1ccc(OCc2cccnc2)cc1. The van der Waals surface area contributed by atoms with E-state index in [0.29, 0.717) is 12.3 Å². The Morgan fingerprint density at radius 2 is 1.86 bits per heavy atom. The summed E-state index contributed by atoms with van der Waals surface area (Å²) in [7, 11) is 0. The van der Waals surface area contributed by atoms with Gasteiger partial charge in [0.1, 0.15) is 12.4 Å². The van der Waals surface area contributed by atoms with Gasteiger partial charge in [0, 0.05) is 18.0 Å². The van der Waals surface area contributed by atoms with Gasteiger partial charge in [-0.15, -0.1) is 0 Å². The van der Waals surface area contributed by atoms with E-state index in [1.807, 2.05) is 12.1 Å². The van der Waals surface area contributed by atoms with Crippen LogP contribution in [0.4, 0.5) is 5.69 Å². The molecule has 0 atom stereocenters. The Balaban J connectivity index is 1.98. The number of guanidine groups is 2. The summed E-state index contributed by atoms with van der Waals surface area (Å²) in [6.07, 6.45) is 3.48. The molecule has 0 spiro atoms. The van der Waals surface area contributed by atoms with Gasteiger partial charge in [-0.25, -0.2) is 4.99 Å². The fourth-order valence-corrected chi connectivity index (χ4v) is 1.56. The highest BCUT2D eigenvalue weighted by molar-refractivity contribution is 5.93. The molecule has 1 heterocycles. The molecule has 0 saturated heterocycles. The van der Waals surface area contributed by atoms with Crippen LogP contribution in [0, 0.1) is 0 Å². The molecule has 0 aliphatic heterocycles. The van der Waals surface area contributed by atoms with Crippen molar-refractivity contribution in [3.8, 4) is 5.75 Å². The van der Waals surface area contributed by atoms with Gasteiger partial charge in [0.05, 0.1) is 5.69 Å². The second-order valence-electron chi connectivity index (χ2n) is 4.15. The first-order valence-electron chi connectivity index (χ1n) is 6.19. The highest BCUT2D eigenvalue weighted by Gasteiger charge is 1.97. The quantitative estimate of drug-likeness (QED) is 0.567. The van der Waals surface area contributed by atoms with Crippen LogP contribution in [-0.4, -0.2) is 16.9 Å². The predicted octanol–water partition coefficient (Wildman–Crippen LogP) is 0.880. The number of hydrogen-bond acceptors (Lipinski definition) is 3. The van der Waals surface area contributed by atoms with E-state index in [1.165, 1.54) is 0 Å². The summed E-state index contributed by atoms with van der Waals surface area (Å²) >= 11 is 0. The van der Waals surface area contributed by atoms with Crippen LogP contribution in [0.2, 0.25) is 0 Å². The van der Waals surface area contributed by atoms with Gasteiger partial charge in [0.15, 0.2) is 5.96 Å². The van der Waals surface area contributed by atoms with Crippen molar-refractivity contribution >= 4 is 17.6 Å². The minimum Gasteiger partial charge on any atom is -0.489 e. The van der Waals surface area contributed by atoms with Gasteiger partial charge in [-0.3, -0.25) is 4.98 Å². The molecule has 2 rings (SSSR count). The summed E-state index contributed by atoms with van der Waals surface area (Å²) in [6, 6.07) is 10.9. The Morgan fingerprint density at radius 1 is 1.10 bits per heavy atom. The van der Waals surface area contributed by atoms with Crippen LogP contribution in [0.1, 0.15) is 5.56 Å². The van der Waals surface area contributed by atoms with Gasteiger partial charge < -0.3 is 21.9 Å². The molecule has 0 unspecified atom stereocenters. The van der Waals surface area contributed by atoms with E-state index in [-0.39, 0.29) is 11.9 Å². The largest absolute Gasteiger partial charge is 0.489 e. The zero-order valence-electron chi connectivity index (χ0n) is 11.3. The van der Waals surface area contributed by atoms with Crippen LogP contribution in [-0.2, 0) is 6.61 Å². The van der Waals surface area contributed by atoms with Crippen molar-refractivity contribution in [3.63, 3.8) is 0 Å². The molecule has 2 aromatic rings. The lowest BCUT2D eigenvalue weighted by atomic mass is 10.3. The average molecular weight is 284 g/mol. The molecule has 21 heavy (non-hydrogen) atoms. The summed E-state index contributed by atoms with van der Waals surface area (Å²) in [6.45, 7) is 0.451. The van der Waals surface area contributed by atoms with Crippen LogP contribution in [0.5, 0.6) is 5.75 Å². The maximum atomic E-state index is 5.63. The number of ether oxygens (including phenoxy) is 1. The monoisotopic (exact) mass is 284 g/mol. The minimum absolute atomic E-state index is 0.000900. The number of benzene rings is 1. The second kappa shape index (κ2) is 6.90. The van der Waals surface area contributed by atoms with E-state index in [1.54, 1.807) is 36.7 Å². The molecule has 0 bridgehead atoms. The third-order valence-corrected chi connectivity index (χ3v) is 2.45. The molecule has 1 aromatic heterocycles. The normalized spacial score (nSPS) is 11.0. The Hall–Kier alpha value is -3.09. The number of hydrogen-bond donors (Lipinski definition) is 3. The average Bonchev–Trinajstić information content (AvgIpc) is 2.47. The summed E-state index contributed by atoms with van der Waals surface area (Å²) in [4.78, 5) is 11.7. The lowest BCUT2D eigenvalue weighted by Gasteiger charge is -2.06. The Bertz CT molecular complexity index is 632. The minimum atomic E-state index is -0.132. The van der Waals surface area contributed by atoms with E-state index in [0.717, 1.165) is 11.3 Å². The van der Waals surface area contributed by atoms with Crippen molar-refractivity contribution in [1.82, 2.24) is 4.98 Å². The summed E-state index contributed by atoms with van der Waals surface area (Å²) in [5, 5.41) is 0. The van der Waals surface area contributed by atoms with Crippen LogP contribution in [0.15, 0.2) is 58.8 Å². The first-order valence-corrected chi connectivity index (χ1v) is 6.19. The van der Waals surface area contributed by atoms with E-state index >= 15 is 0 Å². The predicted molar refractivity (Wildman–Crippen MR) is 82.1 cm³/mol. The lowest BCUT2D eigenvalue weighted by Crippen LogP contribution is -2.26. The molecule has 0 fully saturated rings. The molecule has 108 valence electrons. The number of pyridine rings is 1. The van der Waals surface area contributed by atoms with E-state index in [4.69, 9.17) is 21.9 Å². The Morgan fingerprint density at radius 3 is 2.48 bits per heavy atom. The van der Waals surface area contributed by atoms with Crippen molar-refractivity contribution < 1.29 is 4.74 Å². The molecule has 7 nitrogen and oxygen atoms in total. The van der Waals surface area contributed by atoms with Gasteiger partial charge in [-0.2, -0.15) is 4.99 Å². The first-order chi connectivity index (χ1) is 10.1. The van der Waals surface area contributed by atoms with Crippen molar-refractivity contribution in [1.29, 1.82) is 0 Å². The number of rotatable bonds is 4. The standard InChI is InChI=1S/C14H16N6O/c15-13(16)20-14(17)19-11-3-5-12(6-4-11)21-9-10-2-1-7-18-8-10/h1-8H,9H2,(H6,15,16,17,19,20). The number of nitrogens with two attached hydrogens (primary N) is 3. The molecule has 1 aromatic carbocycles. The first kappa shape index (κ1) is 14.3. The lowest BCUT2D eigenvalue weighted by molar-refractivity contribution is 0.306. The summed E-state index contributed by atoms with van der Waals surface area (Å²) in [5.41, 5.74) is 17.6. The van der Waals surface area contributed by atoms with E-state index in [2.05, 4.69) is 15.0 Å². The van der Waals surface area contributed by atoms with Crippen molar-refractivity contribution in [3.05, 3.63) is 54.4 Å². The van der Waals surface area contributed by atoms with Gasteiger partial charge in [0.25, 0.3) is 0 Å². The fourth-order valence-electron chi connectivity index (χ4n) is 1.56. The maximum Gasteiger partial charge on any atom is 0.223 e. The molecule has 0 amide bonds. The molecule has 0 aliphatic carbocycles. The third kappa shape index (κ3) is 4.83. The van der Waals surface area contributed by atoms with Crippen LogP contribution >= 0.6 is 0 Å². The Kier molecular flexibility index (Phi) is 4.70. The Labute approximate surface area is 122 Å². The number of nitrogens with zero attached hydrogens (tertiary/aromatic N) is 3. The summed E-state index contributed by atoms with van der Waals surface area (Å²) in [5.74, 6) is 0.588. The van der Waals surface area contributed by atoms with Crippen molar-refractivity contribution in [2.24, 2.45) is 27.2 Å². The van der Waals surface area contributed by atoms with E-state index in [9.17, 15) is 0 Å². The molecule has 6 N–H and O–H groups in total. The topological polar surface area (TPSA) is 125 Å². The number of aromatic nitrogens is 1. The van der Waals surface area contributed by atoms with Crippen molar-refractivity contribution in [2.45, 2.75) is 6.61 Å². The highest BCUT2D eigenvalue weighted by atomic mass is 16.5. The van der Waals surface area contributed by atoms with Crippen LogP contribution in [0.25, 0.3) is 0 Å². The fraction of sp³-hybridized carbons (Fsp3) is 0.0714. The highest BCUT2D eigenvalue weighted by Crippen LogP contribution is 2.19. The zero-order chi connectivity index (χ0) is 15.1. The molecular formula is C14H16N6O. The van der Waals surface area contributed by atoms with Crippen LogP contribution in [0.3, 0.4) is 0 Å². The van der Waals surface area contributed by atoms with Gasteiger partial charge in [0.2, 0.25) is 5.96 Å². The zero-order valence-corrected chi connectivity index (χ0v) is 11.3. The smallest absolute Gasteiger partial charge is 0.223 e. The van der Waals surface area contributed by atoms with Gasteiger partial charge >= 0.3 is 0 Å². The molecule has 0 aliphatic rings. The molecule has 7 heteroatoms. The summed E-state index contributed by atoms with van der Waals surface area (Å²) < 4.78 is 5.63.